The van der Waals surface area contributed by atoms with Gasteiger partial charge in [-0.3, -0.25) is 4.98 Å². The number of rotatable bonds is 6. The zero-order chi connectivity index (χ0) is 17.5. The fourth-order valence-electron chi connectivity index (χ4n) is 2.71. The molecule has 132 valence electrons. The second-order valence-corrected chi connectivity index (χ2v) is 6.08. The highest BCUT2D eigenvalue weighted by Crippen LogP contribution is 2.20. The van der Waals surface area contributed by atoms with Crippen LogP contribution in [0.5, 0.6) is 5.75 Å². The van der Waals surface area contributed by atoms with Crippen LogP contribution >= 0.6 is 0 Å². The average molecular weight is 341 g/mol. The number of hydrogen-bond donors (Lipinski definition) is 2. The summed E-state index contributed by atoms with van der Waals surface area (Å²) in [5, 5.41) is 5.72. The Kier molecular flexibility index (Phi) is 5.85. The zero-order valence-corrected chi connectivity index (χ0v) is 14.3. The number of ether oxygens (including phenoxy) is 2. The number of urea groups is 1. The minimum atomic E-state index is -0.271. The molecular formula is C19H23N3O3. The highest BCUT2D eigenvalue weighted by molar-refractivity contribution is 5.89. The summed E-state index contributed by atoms with van der Waals surface area (Å²) in [5.41, 5.74) is 1.63. The van der Waals surface area contributed by atoms with Crippen LogP contribution in [0.2, 0.25) is 0 Å². The number of nitrogens with one attached hydrogen (secondary N) is 2. The van der Waals surface area contributed by atoms with E-state index >= 15 is 0 Å². The molecule has 0 radical (unpaired) electrons. The van der Waals surface area contributed by atoms with Gasteiger partial charge >= 0.3 is 6.03 Å². The summed E-state index contributed by atoms with van der Waals surface area (Å²) in [6.45, 7) is 3.26. The van der Waals surface area contributed by atoms with Crippen LogP contribution in [0.4, 0.5) is 10.5 Å². The molecule has 3 rings (SSSR count). The van der Waals surface area contributed by atoms with Crippen molar-refractivity contribution in [2.75, 3.05) is 18.5 Å². The van der Waals surface area contributed by atoms with Gasteiger partial charge in [0.2, 0.25) is 0 Å². The second-order valence-electron chi connectivity index (χ2n) is 6.08. The zero-order valence-electron chi connectivity index (χ0n) is 14.3. The predicted octanol–water partition coefficient (Wildman–Crippen LogP) is 3.52. The largest absolute Gasteiger partial charge is 0.491 e. The van der Waals surface area contributed by atoms with Gasteiger partial charge in [0, 0.05) is 30.8 Å². The van der Waals surface area contributed by atoms with Crippen molar-refractivity contribution < 1.29 is 14.3 Å². The maximum absolute atomic E-state index is 12.2. The van der Waals surface area contributed by atoms with Gasteiger partial charge in [-0.15, -0.1) is 0 Å². The Hall–Kier alpha value is -2.60. The van der Waals surface area contributed by atoms with Crippen LogP contribution in [0.15, 0.2) is 48.8 Å². The lowest BCUT2D eigenvalue weighted by Crippen LogP contribution is -2.31. The smallest absolute Gasteiger partial charge is 0.319 e. The van der Waals surface area contributed by atoms with E-state index in [1.807, 2.05) is 43.3 Å². The first-order valence-electron chi connectivity index (χ1n) is 8.52. The minimum Gasteiger partial charge on any atom is -0.491 e. The van der Waals surface area contributed by atoms with E-state index in [1.54, 1.807) is 12.4 Å². The number of pyridine rings is 1. The summed E-state index contributed by atoms with van der Waals surface area (Å²) in [7, 11) is 0. The normalized spacial score (nSPS) is 17.7. The predicted molar refractivity (Wildman–Crippen MR) is 95.7 cm³/mol. The molecule has 0 aliphatic carbocycles. The Labute approximate surface area is 147 Å². The van der Waals surface area contributed by atoms with Crippen LogP contribution in [0.25, 0.3) is 0 Å². The van der Waals surface area contributed by atoms with E-state index in [4.69, 9.17) is 9.47 Å². The molecule has 2 amide bonds. The third-order valence-corrected chi connectivity index (χ3v) is 4.08. The van der Waals surface area contributed by atoms with E-state index < -0.39 is 0 Å². The van der Waals surface area contributed by atoms with Gasteiger partial charge in [0.25, 0.3) is 0 Å². The highest BCUT2D eigenvalue weighted by Gasteiger charge is 2.16. The van der Waals surface area contributed by atoms with E-state index in [1.165, 1.54) is 0 Å². The van der Waals surface area contributed by atoms with Crippen LogP contribution in [0, 0.1) is 0 Å². The maximum Gasteiger partial charge on any atom is 0.319 e. The van der Waals surface area contributed by atoms with Crippen molar-refractivity contribution in [1.82, 2.24) is 10.3 Å². The summed E-state index contributed by atoms with van der Waals surface area (Å²) in [4.78, 5) is 16.2. The van der Waals surface area contributed by atoms with Gasteiger partial charge in [0.15, 0.2) is 0 Å². The molecule has 1 aromatic carbocycles. The van der Waals surface area contributed by atoms with Crippen molar-refractivity contribution in [3.63, 3.8) is 0 Å². The van der Waals surface area contributed by atoms with Gasteiger partial charge in [-0.2, -0.15) is 0 Å². The van der Waals surface area contributed by atoms with Crippen LogP contribution in [-0.4, -0.2) is 30.3 Å². The van der Waals surface area contributed by atoms with Gasteiger partial charge in [-0.1, -0.05) is 12.1 Å². The molecule has 2 aromatic rings. The van der Waals surface area contributed by atoms with E-state index in [9.17, 15) is 4.79 Å². The van der Waals surface area contributed by atoms with Crippen LogP contribution in [0.1, 0.15) is 31.4 Å². The average Bonchev–Trinajstić information content (AvgIpc) is 3.14. The Morgan fingerprint density at radius 2 is 2.32 bits per heavy atom. The molecule has 1 aliphatic heterocycles. The SMILES string of the molecule is C[C@@H](NC(=O)Nc1cccc(OC[C@@H]2CCCO2)c1)c1cccnc1. The monoisotopic (exact) mass is 341 g/mol. The van der Waals surface area contributed by atoms with Gasteiger partial charge in [0.1, 0.15) is 12.4 Å². The lowest BCUT2D eigenvalue weighted by molar-refractivity contribution is 0.0680. The van der Waals surface area contributed by atoms with Crippen molar-refractivity contribution in [2.45, 2.75) is 31.9 Å². The molecule has 0 unspecified atom stereocenters. The second kappa shape index (κ2) is 8.48. The van der Waals surface area contributed by atoms with Crippen LogP contribution < -0.4 is 15.4 Å². The highest BCUT2D eigenvalue weighted by atomic mass is 16.5. The molecule has 2 heterocycles. The Bertz CT molecular complexity index is 687. The van der Waals surface area contributed by atoms with Crippen molar-refractivity contribution in [3.8, 4) is 5.75 Å². The fraction of sp³-hybridized carbons (Fsp3) is 0.368. The number of benzene rings is 1. The molecule has 6 nitrogen and oxygen atoms in total. The van der Waals surface area contributed by atoms with E-state index in [0.29, 0.717) is 18.0 Å². The van der Waals surface area contributed by atoms with E-state index in [0.717, 1.165) is 25.0 Å². The molecule has 0 bridgehead atoms. The lowest BCUT2D eigenvalue weighted by Gasteiger charge is -2.15. The van der Waals surface area contributed by atoms with Gasteiger partial charge < -0.3 is 20.1 Å². The Balaban J connectivity index is 1.51. The Morgan fingerprint density at radius 1 is 1.40 bits per heavy atom. The lowest BCUT2D eigenvalue weighted by atomic mass is 10.1. The van der Waals surface area contributed by atoms with Crippen molar-refractivity contribution in [1.29, 1.82) is 0 Å². The number of nitrogens with zero attached hydrogens (tertiary/aromatic N) is 1. The number of anilines is 1. The molecule has 0 saturated carbocycles. The van der Waals surface area contributed by atoms with Crippen molar-refractivity contribution in [3.05, 3.63) is 54.4 Å². The summed E-state index contributed by atoms with van der Waals surface area (Å²) >= 11 is 0. The minimum absolute atomic E-state index is 0.132. The number of hydrogen-bond acceptors (Lipinski definition) is 4. The Morgan fingerprint density at radius 3 is 3.08 bits per heavy atom. The molecule has 1 aromatic heterocycles. The summed E-state index contributed by atoms with van der Waals surface area (Å²) in [5.74, 6) is 0.716. The quantitative estimate of drug-likeness (QED) is 0.843. The topological polar surface area (TPSA) is 72.5 Å². The van der Waals surface area contributed by atoms with Crippen molar-refractivity contribution >= 4 is 11.7 Å². The number of amides is 2. The van der Waals surface area contributed by atoms with E-state index in [-0.39, 0.29) is 18.2 Å². The number of carbonyl (C=O) groups excluding carboxylic acids is 1. The first kappa shape index (κ1) is 17.2. The number of aromatic nitrogens is 1. The van der Waals surface area contributed by atoms with Gasteiger partial charge in [-0.05, 0) is 43.5 Å². The fourth-order valence-corrected chi connectivity index (χ4v) is 2.71. The molecule has 1 fully saturated rings. The molecule has 1 saturated heterocycles. The summed E-state index contributed by atoms with van der Waals surface area (Å²) in [6, 6.07) is 10.7. The number of carbonyl (C=O) groups is 1. The molecule has 2 N–H and O–H groups in total. The van der Waals surface area contributed by atoms with Crippen molar-refractivity contribution in [2.24, 2.45) is 0 Å². The third-order valence-electron chi connectivity index (χ3n) is 4.08. The van der Waals surface area contributed by atoms with Crippen LogP contribution in [-0.2, 0) is 4.74 Å². The first-order valence-corrected chi connectivity index (χ1v) is 8.52. The first-order chi connectivity index (χ1) is 12.2. The molecule has 6 heteroatoms. The summed E-state index contributed by atoms with van der Waals surface area (Å²) in [6.07, 6.45) is 5.74. The molecule has 25 heavy (non-hydrogen) atoms. The maximum atomic E-state index is 12.2. The van der Waals surface area contributed by atoms with Gasteiger partial charge in [0.05, 0.1) is 12.1 Å². The third kappa shape index (κ3) is 5.19. The standard InChI is InChI=1S/C19H23N3O3/c1-14(15-5-3-9-20-12-15)21-19(23)22-16-6-2-7-17(11-16)25-13-18-8-4-10-24-18/h2-3,5-7,9,11-12,14,18H,4,8,10,13H2,1H3,(H2,21,22,23)/t14-,18+/m1/s1. The van der Waals surface area contributed by atoms with Crippen LogP contribution in [0.3, 0.4) is 0 Å². The molecule has 1 aliphatic rings. The summed E-state index contributed by atoms with van der Waals surface area (Å²) < 4.78 is 11.3. The molecular weight excluding hydrogens is 318 g/mol. The van der Waals surface area contributed by atoms with E-state index in [2.05, 4.69) is 15.6 Å². The molecule has 0 spiro atoms. The molecule has 2 atom stereocenters. The van der Waals surface area contributed by atoms with Gasteiger partial charge in [-0.25, -0.2) is 4.79 Å².